The molecule has 18 heavy (non-hydrogen) atoms. The largest absolute Gasteiger partial charge is 0.381 e. The Bertz CT molecular complexity index is 378. The van der Waals surface area contributed by atoms with Gasteiger partial charge < -0.3 is 14.5 Å². The molecule has 2 heterocycles. The molecule has 0 N–H and O–H groups in total. The van der Waals surface area contributed by atoms with Gasteiger partial charge in [-0.25, -0.2) is 0 Å². The standard InChI is InChI=1S/C13H20N2O3/c1-8-12(16)14-5-3-4-11(14)13(17)15(8)9-6-10(7-9)18-2/h8-11H,3-7H2,1-2H3. The predicted molar refractivity (Wildman–Crippen MR) is 64.9 cm³/mol. The summed E-state index contributed by atoms with van der Waals surface area (Å²) >= 11 is 0. The number of nitrogens with zero attached hydrogens (tertiary/aromatic N) is 2. The molecular weight excluding hydrogens is 232 g/mol. The summed E-state index contributed by atoms with van der Waals surface area (Å²) in [7, 11) is 1.70. The van der Waals surface area contributed by atoms with Gasteiger partial charge in [0.2, 0.25) is 11.8 Å². The molecule has 3 aliphatic rings. The highest BCUT2D eigenvalue weighted by Crippen LogP contribution is 2.35. The van der Waals surface area contributed by atoms with E-state index in [9.17, 15) is 9.59 Å². The molecule has 0 aromatic heterocycles. The van der Waals surface area contributed by atoms with Crippen LogP contribution in [0.2, 0.25) is 0 Å². The molecule has 1 saturated carbocycles. The van der Waals surface area contributed by atoms with Crippen molar-refractivity contribution in [3.8, 4) is 0 Å². The number of carbonyl (C=O) groups is 2. The van der Waals surface area contributed by atoms with Crippen LogP contribution in [0.15, 0.2) is 0 Å². The molecule has 1 aliphatic carbocycles. The number of fused-ring (bicyclic) bond motifs is 1. The van der Waals surface area contributed by atoms with Gasteiger partial charge in [-0.05, 0) is 32.6 Å². The number of carbonyl (C=O) groups excluding carboxylic acids is 2. The number of hydrogen-bond donors (Lipinski definition) is 0. The topological polar surface area (TPSA) is 49.9 Å². The van der Waals surface area contributed by atoms with Crippen LogP contribution in [0.5, 0.6) is 0 Å². The third kappa shape index (κ3) is 1.56. The lowest BCUT2D eigenvalue weighted by Gasteiger charge is -2.49. The van der Waals surface area contributed by atoms with E-state index in [2.05, 4.69) is 0 Å². The molecule has 3 rings (SSSR count). The first-order valence-electron chi connectivity index (χ1n) is 6.79. The van der Waals surface area contributed by atoms with Crippen LogP contribution in [-0.4, -0.2) is 59.5 Å². The first kappa shape index (κ1) is 12.0. The van der Waals surface area contributed by atoms with Crippen molar-refractivity contribution in [2.75, 3.05) is 13.7 Å². The Balaban J connectivity index is 1.77. The third-order valence-electron chi connectivity index (χ3n) is 4.65. The highest BCUT2D eigenvalue weighted by atomic mass is 16.5. The van der Waals surface area contributed by atoms with Crippen LogP contribution >= 0.6 is 0 Å². The van der Waals surface area contributed by atoms with Crippen LogP contribution in [0.25, 0.3) is 0 Å². The third-order valence-corrected chi connectivity index (χ3v) is 4.65. The van der Waals surface area contributed by atoms with Crippen LogP contribution in [0, 0.1) is 0 Å². The van der Waals surface area contributed by atoms with Crippen molar-refractivity contribution in [1.29, 1.82) is 0 Å². The number of rotatable bonds is 2. The number of ether oxygens (including phenoxy) is 1. The summed E-state index contributed by atoms with van der Waals surface area (Å²) in [5.41, 5.74) is 0. The minimum Gasteiger partial charge on any atom is -0.381 e. The molecule has 0 bridgehead atoms. The van der Waals surface area contributed by atoms with Crippen molar-refractivity contribution in [2.45, 2.75) is 56.8 Å². The second-order valence-corrected chi connectivity index (χ2v) is 5.59. The van der Waals surface area contributed by atoms with Crippen molar-refractivity contribution in [1.82, 2.24) is 9.80 Å². The molecular formula is C13H20N2O3. The fourth-order valence-electron chi connectivity index (χ4n) is 3.46. The van der Waals surface area contributed by atoms with Gasteiger partial charge in [0.25, 0.3) is 0 Å². The van der Waals surface area contributed by atoms with E-state index in [1.54, 1.807) is 12.0 Å². The lowest BCUT2D eigenvalue weighted by molar-refractivity contribution is -0.166. The maximum absolute atomic E-state index is 12.5. The van der Waals surface area contributed by atoms with E-state index in [-0.39, 0.29) is 36.0 Å². The quantitative estimate of drug-likeness (QED) is 0.714. The Kier molecular flexibility index (Phi) is 2.81. The molecule has 2 saturated heterocycles. The fourth-order valence-corrected chi connectivity index (χ4v) is 3.46. The number of hydrogen-bond acceptors (Lipinski definition) is 3. The van der Waals surface area contributed by atoms with Gasteiger partial charge in [0.05, 0.1) is 6.10 Å². The molecule has 0 aromatic rings. The van der Waals surface area contributed by atoms with Gasteiger partial charge in [-0.3, -0.25) is 9.59 Å². The SMILES string of the molecule is COC1CC(N2C(=O)C3CCCN3C(=O)C2C)C1. The lowest BCUT2D eigenvalue weighted by Crippen LogP contribution is -2.66. The zero-order valence-corrected chi connectivity index (χ0v) is 11.0. The molecule has 0 radical (unpaired) electrons. The predicted octanol–water partition coefficient (Wildman–Crippen LogP) is 0.385. The smallest absolute Gasteiger partial charge is 0.246 e. The van der Waals surface area contributed by atoms with Gasteiger partial charge in [-0.1, -0.05) is 0 Å². The van der Waals surface area contributed by atoms with Gasteiger partial charge in [-0.2, -0.15) is 0 Å². The molecule has 5 heteroatoms. The lowest BCUT2D eigenvalue weighted by atomic mass is 9.85. The molecule has 2 unspecified atom stereocenters. The number of methoxy groups -OCH3 is 1. The summed E-state index contributed by atoms with van der Waals surface area (Å²) in [6.45, 7) is 2.60. The van der Waals surface area contributed by atoms with E-state index in [0.29, 0.717) is 0 Å². The Morgan fingerprint density at radius 3 is 2.61 bits per heavy atom. The first-order chi connectivity index (χ1) is 8.63. The summed E-state index contributed by atoms with van der Waals surface area (Å²) < 4.78 is 5.26. The van der Waals surface area contributed by atoms with Crippen LogP contribution in [0.4, 0.5) is 0 Å². The van der Waals surface area contributed by atoms with Crippen LogP contribution in [-0.2, 0) is 14.3 Å². The van der Waals surface area contributed by atoms with Gasteiger partial charge in [0, 0.05) is 19.7 Å². The van der Waals surface area contributed by atoms with Crippen LogP contribution in [0.3, 0.4) is 0 Å². The number of piperazine rings is 1. The minimum atomic E-state index is -0.297. The highest BCUT2D eigenvalue weighted by molar-refractivity contribution is 5.97. The Labute approximate surface area is 107 Å². The van der Waals surface area contributed by atoms with Gasteiger partial charge >= 0.3 is 0 Å². The Morgan fingerprint density at radius 2 is 1.94 bits per heavy atom. The van der Waals surface area contributed by atoms with Crippen molar-refractivity contribution >= 4 is 11.8 Å². The van der Waals surface area contributed by atoms with E-state index < -0.39 is 0 Å². The van der Waals surface area contributed by atoms with Crippen molar-refractivity contribution < 1.29 is 14.3 Å². The van der Waals surface area contributed by atoms with Crippen molar-refractivity contribution in [3.63, 3.8) is 0 Å². The van der Waals surface area contributed by atoms with Crippen LogP contribution < -0.4 is 0 Å². The normalized spacial score (nSPS) is 39.9. The van der Waals surface area contributed by atoms with Crippen molar-refractivity contribution in [2.24, 2.45) is 0 Å². The zero-order valence-electron chi connectivity index (χ0n) is 11.0. The van der Waals surface area contributed by atoms with E-state index in [4.69, 9.17) is 4.74 Å². The fraction of sp³-hybridized carbons (Fsp3) is 0.846. The van der Waals surface area contributed by atoms with Gasteiger partial charge in [0.1, 0.15) is 12.1 Å². The van der Waals surface area contributed by atoms with E-state index in [1.165, 1.54) is 0 Å². The average Bonchev–Trinajstić information content (AvgIpc) is 2.78. The van der Waals surface area contributed by atoms with Crippen LogP contribution in [0.1, 0.15) is 32.6 Å². The summed E-state index contributed by atoms with van der Waals surface area (Å²) in [4.78, 5) is 28.3. The monoisotopic (exact) mass is 252 g/mol. The van der Waals surface area contributed by atoms with Gasteiger partial charge in [0.15, 0.2) is 0 Å². The second kappa shape index (κ2) is 4.23. The van der Waals surface area contributed by atoms with Gasteiger partial charge in [-0.15, -0.1) is 0 Å². The van der Waals surface area contributed by atoms with Crippen molar-refractivity contribution in [3.05, 3.63) is 0 Å². The highest BCUT2D eigenvalue weighted by Gasteiger charge is 2.50. The zero-order chi connectivity index (χ0) is 12.9. The summed E-state index contributed by atoms with van der Waals surface area (Å²) in [6.07, 6.45) is 3.77. The molecule has 2 amide bonds. The molecule has 100 valence electrons. The van der Waals surface area contributed by atoms with E-state index in [0.717, 1.165) is 32.2 Å². The molecule has 5 nitrogen and oxygen atoms in total. The van der Waals surface area contributed by atoms with E-state index in [1.807, 2.05) is 11.8 Å². The minimum absolute atomic E-state index is 0.123. The summed E-state index contributed by atoms with van der Waals surface area (Å²) in [5.74, 6) is 0.275. The van der Waals surface area contributed by atoms with E-state index >= 15 is 0 Å². The molecule has 0 spiro atoms. The molecule has 2 atom stereocenters. The summed E-state index contributed by atoms with van der Waals surface area (Å²) in [6, 6.07) is -0.283. The summed E-state index contributed by atoms with van der Waals surface area (Å²) in [5, 5.41) is 0. The average molecular weight is 252 g/mol. The second-order valence-electron chi connectivity index (χ2n) is 5.59. The Morgan fingerprint density at radius 1 is 1.22 bits per heavy atom. The molecule has 3 fully saturated rings. The number of amides is 2. The maximum atomic E-state index is 12.5. The molecule has 0 aromatic carbocycles. The first-order valence-corrected chi connectivity index (χ1v) is 6.79. The maximum Gasteiger partial charge on any atom is 0.246 e. The molecule has 2 aliphatic heterocycles. The Hall–Kier alpha value is -1.10.